The first kappa shape index (κ1) is 23.3. The number of para-hydroxylation sites is 1. The Kier molecular flexibility index (Phi) is 7.05. The summed E-state index contributed by atoms with van der Waals surface area (Å²) in [5.74, 6) is -0.838. The van der Waals surface area contributed by atoms with Crippen molar-refractivity contribution in [3.63, 3.8) is 0 Å². The minimum Gasteiger partial charge on any atom is -0.488 e. The fourth-order valence-electron chi connectivity index (χ4n) is 3.14. The van der Waals surface area contributed by atoms with Gasteiger partial charge < -0.3 is 9.84 Å². The first-order valence-electron chi connectivity index (χ1n) is 9.60. The van der Waals surface area contributed by atoms with Crippen LogP contribution in [-0.2, 0) is 11.4 Å². The largest absolute Gasteiger partial charge is 0.488 e. The van der Waals surface area contributed by atoms with Gasteiger partial charge in [0.25, 0.3) is 5.91 Å². The predicted octanol–water partition coefficient (Wildman–Crippen LogP) is 6.68. The standard InChI is InChI=1S/C24H15Cl2NO4S2/c25-17-9-8-16(19(26)12-17)13-31-20-7-2-1-4-14(20)11-21-22(28)27(24(32)33-21)18-6-3-5-15(10-18)23(29)30/h1-12H,13H2,(H,29,30). The third-order valence-corrected chi connectivity index (χ3v) is 6.64. The highest BCUT2D eigenvalue weighted by molar-refractivity contribution is 8.27. The van der Waals surface area contributed by atoms with E-state index in [9.17, 15) is 14.7 Å². The van der Waals surface area contributed by atoms with Crippen molar-refractivity contribution in [3.05, 3.63) is 98.4 Å². The van der Waals surface area contributed by atoms with E-state index in [1.165, 1.54) is 17.0 Å². The van der Waals surface area contributed by atoms with Crippen LogP contribution in [0.5, 0.6) is 5.75 Å². The average Bonchev–Trinajstić information content (AvgIpc) is 3.07. The molecule has 3 aromatic carbocycles. The van der Waals surface area contributed by atoms with Crippen molar-refractivity contribution < 1.29 is 19.4 Å². The number of rotatable bonds is 6. The van der Waals surface area contributed by atoms with E-state index in [2.05, 4.69) is 0 Å². The molecule has 5 nitrogen and oxygen atoms in total. The number of benzene rings is 3. The number of hydrogen-bond donors (Lipinski definition) is 1. The second kappa shape index (κ2) is 9.97. The van der Waals surface area contributed by atoms with Gasteiger partial charge in [0.1, 0.15) is 12.4 Å². The molecule has 1 aliphatic heterocycles. The van der Waals surface area contributed by atoms with E-state index in [1.54, 1.807) is 42.5 Å². The molecule has 3 aromatic rings. The molecule has 33 heavy (non-hydrogen) atoms. The van der Waals surface area contributed by atoms with Gasteiger partial charge in [-0.15, -0.1) is 0 Å². The SMILES string of the molecule is O=C(O)c1cccc(N2C(=O)C(=Cc3ccccc3OCc3ccc(Cl)cc3Cl)SC2=S)c1. The summed E-state index contributed by atoms with van der Waals surface area (Å²) in [6, 6.07) is 18.6. The molecule has 0 aromatic heterocycles. The number of hydrogen-bond acceptors (Lipinski definition) is 5. The average molecular weight is 516 g/mol. The maximum Gasteiger partial charge on any atom is 0.335 e. The van der Waals surface area contributed by atoms with Gasteiger partial charge in [-0.05, 0) is 42.5 Å². The molecule has 1 heterocycles. The zero-order valence-corrected chi connectivity index (χ0v) is 20.0. The molecule has 4 rings (SSSR count). The highest BCUT2D eigenvalue weighted by Gasteiger charge is 2.33. The van der Waals surface area contributed by atoms with Crippen LogP contribution in [0.15, 0.2) is 71.6 Å². The number of nitrogens with zero attached hydrogens (tertiary/aromatic N) is 1. The molecule has 0 saturated carbocycles. The summed E-state index contributed by atoms with van der Waals surface area (Å²) in [5.41, 5.74) is 1.95. The molecule has 0 unspecified atom stereocenters. The van der Waals surface area contributed by atoms with Crippen molar-refractivity contribution in [3.8, 4) is 5.75 Å². The number of ether oxygens (including phenoxy) is 1. The van der Waals surface area contributed by atoms with Crippen LogP contribution in [0.1, 0.15) is 21.5 Å². The van der Waals surface area contributed by atoms with Gasteiger partial charge in [0, 0.05) is 21.2 Å². The maximum atomic E-state index is 13.1. The molecule has 1 fully saturated rings. The lowest BCUT2D eigenvalue weighted by atomic mass is 10.1. The van der Waals surface area contributed by atoms with E-state index in [-0.39, 0.29) is 18.1 Å². The summed E-state index contributed by atoms with van der Waals surface area (Å²) in [6.07, 6.45) is 1.71. The number of carboxylic acids is 1. The Morgan fingerprint density at radius 3 is 2.64 bits per heavy atom. The lowest BCUT2D eigenvalue weighted by molar-refractivity contribution is -0.113. The number of amides is 1. The Bertz CT molecular complexity index is 1310. The monoisotopic (exact) mass is 515 g/mol. The molecule has 0 spiro atoms. The van der Waals surface area contributed by atoms with Gasteiger partial charge in [-0.25, -0.2) is 4.79 Å². The Hall–Kier alpha value is -2.84. The first-order chi connectivity index (χ1) is 15.8. The van der Waals surface area contributed by atoms with E-state index < -0.39 is 5.97 Å². The number of carbonyl (C=O) groups is 2. The minimum atomic E-state index is -1.08. The maximum absolute atomic E-state index is 13.1. The lowest BCUT2D eigenvalue weighted by Crippen LogP contribution is -2.27. The first-order valence-corrected chi connectivity index (χ1v) is 11.6. The Morgan fingerprint density at radius 1 is 1.09 bits per heavy atom. The third kappa shape index (κ3) is 5.23. The van der Waals surface area contributed by atoms with Gasteiger partial charge in [0.2, 0.25) is 0 Å². The quantitative estimate of drug-likeness (QED) is 0.291. The van der Waals surface area contributed by atoms with Crippen LogP contribution in [0, 0.1) is 0 Å². The topological polar surface area (TPSA) is 66.8 Å². The zero-order valence-electron chi connectivity index (χ0n) is 16.8. The minimum absolute atomic E-state index is 0.0742. The summed E-state index contributed by atoms with van der Waals surface area (Å²) in [6.45, 7) is 0.226. The molecule has 1 aliphatic rings. The second-order valence-electron chi connectivity index (χ2n) is 6.93. The molecular formula is C24H15Cl2NO4S2. The molecule has 0 aliphatic carbocycles. The fourth-order valence-corrected chi connectivity index (χ4v) is 4.89. The highest BCUT2D eigenvalue weighted by Crippen LogP contribution is 2.37. The van der Waals surface area contributed by atoms with Crippen LogP contribution in [0.25, 0.3) is 6.08 Å². The number of carbonyl (C=O) groups excluding carboxylic acids is 1. The van der Waals surface area contributed by atoms with Crippen molar-refractivity contribution in [1.82, 2.24) is 0 Å². The van der Waals surface area contributed by atoms with Gasteiger partial charge in [-0.3, -0.25) is 9.69 Å². The van der Waals surface area contributed by atoms with Crippen molar-refractivity contribution in [1.29, 1.82) is 0 Å². The van der Waals surface area contributed by atoms with E-state index in [0.29, 0.717) is 36.3 Å². The second-order valence-corrected chi connectivity index (χ2v) is 9.45. The van der Waals surface area contributed by atoms with Gasteiger partial charge in [-0.2, -0.15) is 0 Å². The Morgan fingerprint density at radius 2 is 1.88 bits per heavy atom. The Labute approximate surface area is 209 Å². The lowest BCUT2D eigenvalue weighted by Gasteiger charge is -2.15. The summed E-state index contributed by atoms with van der Waals surface area (Å²) in [4.78, 5) is 26.1. The molecule has 0 radical (unpaired) electrons. The molecule has 9 heteroatoms. The van der Waals surface area contributed by atoms with Crippen LogP contribution in [0.2, 0.25) is 10.0 Å². The number of thioether (sulfide) groups is 1. The van der Waals surface area contributed by atoms with Crippen molar-refractivity contribution in [2.24, 2.45) is 0 Å². The van der Waals surface area contributed by atoms with Crippen LogP contribution in [0.3, 0.4) is 0 Å². The van der Waals surface area contributed by atoms with Crippen molar-refractivity contribution in [2.75, 3.05) is 4.90 Å². The number of thiocarbonyl (C=S) groups is 1. The third-order valence-electron chi connectivity index (χ3n) is 4.75. The summed E-state index contributed by atoms with van der Waals surface area (Å²) < 4.78 is 6.29. The fraction of sp³-hybridized carbons (Fsp3) is 0.0417. The van der Waals surface area contributed by atoms with Crippen molar-refractivity contribution in [2.45, 2.75) is 6.61 Å². The number of aromatic carboxylic acids is 1. The normalized spacial score (nSPS) is 14.7. The van der Waals surface area contributed by atoms with Gasteiger partial charge in [0.15, 0.2) is 4.32 Å². The van der Waals surface area contributed by atoms with E-state index in [4.69, 9.17) is 40.2 Å². The molecule has 0 atom stereocenters. The van der Waals surface area contributed by atoms with E-state index in [0.717, 1.165) is 17.3 Å². The summed E-state index contributed by atoms with van der Waals surface area (Å²) >= 11 is 18.7. The Balaban J connectivity index is 1.58. The predicted molar refractivity (Wildman–Crippen MR) is 136 cm³/mol. The van der Waals surface area contributed by atoms with Crippen LogP contribution >= 0.6 is 47.2 Å². The summed E-state index contributed by atoms with van der Waals surface area (Å²) in [7, 11) is 0. The number of anilines is 1. The van der Waals surface area contributed by atoms with Crippen LogP contribution < -0.4 is 9.64 Å². The van der Waals surface area contributed by atoms with Gasteiger partial charge in [-0.1, -0.05) is 77.5 Å². The molecular weight excluding hydrogens is 501 g/mol. The van der Waals surface area contributed by atoms with Gasteiger partial charge >= 0.3 is 5.97 Å². The highest BCUT2D eigenvalue weighted by atomic mass is 35.5. The molecule has 1 saturated heterocycles. The molecule has 166 valence electrons. The molecule has 0 bridgehead atoms. The van der Waals surface area contributed by atoms with Gasteiger partial charge in [0.05, 0.1) is 16.2 Å². The zero-order chi connectivity index (χ0) is 23.5. The van der Waals surface area contributed by atoms with Crippen LogP contribution in [-0.4, -0.2) is 21.3 Å². The van der Waals surface area contributed by atoms with E-state index in [1.807, 2.05) is 18.2 Å². The van der Waals surface area contributed by atoms with Crippen LogP contribution in [0.4, 0.5) is 5.69 Å². The molecule has 1 N–H and O–H groups in total. The number of halogens is 2. The van der Waals surface area contributed by atoms with Crippen molar-refractivity contribution >= 4 is 75.1 Å². The van der Waals surface area contributed by atoms with E-state index >= 15 is 0 Å². The molecule has 1 amide bonds. The number of carboxylic acid groups (broad SMARTS) is 1. The summed E-state index contributed by atoms with van der Waals surface area (Å²) in [5, 5.41) is 10.3. The smallest absolute Gasteiger partial charge is 0.335 e.